The second kappa shape index (κ2) is 6.09. The van der Waals surface area contributed by atoms with Crippen molar-refractivity contribution in [2.24, 2.45) is 0 Å². The van der Waals surface area contributed by atoms with Crippen LogP contribution in [0.15, 0.2) is 54.1 Å². The number of hydrogen-bond donors (Lipinski definition) is 2. The molecule has 2 aromatic rings. The Morgan fingerprint density at radius 3 is 2.40 bits per heavy atom. The van der Waals surface area contributed by atoms with Crippen molar-refractivity contribution in [2.45, 2.75) is 26.4 Å². The lowest BCUT2D eigenvalue weighted by molar-refractivity contribution is -0.132. The highest BCUT2D eigenvalue weighted by molar-refractivity contribution is 6.01. The first kappa shape index (κ1) is 16.8. The fourth-order valence-electron chi connectivity index (χ4n) is 3.04. The van der Waals surface area contributed by atoms with E-state index in [-0.39, 0.29) is 5.57 Å². The summed E-state index contributed by atoms with van der Waals surface area (Å²) in [5.41, 5.74) is 3.15. The molecule has 0 atom stereocenters. The molecule has 128 valence electrons. The predicted octanol–water partition coefficient (Wildman–Crippen LogP) is 4.39. The van der Waals surface area contributed by atoms with Crippen LogP contribution in [0.5, 0.6) is 0 Å². The van der Waals surface area contributed by atoms with E-state index in [0.717, 1.165) is 16.7 Å². The molecule has 25 heavy (non-hydrogen) atoms. The van der Waals surface area contributed by atoms with Gasteiger partial charge in [-0.25, -0.2) is 9.59 Å². The van der Waals surface area contributed by atoms with Crippen LogP contribution in [-0.4, -0.2) is 17.2 Å². The number of carbonyl (C=O) groups excluding carboxylic acids is 1. The molecular formula is C20H19NO4. The third-order valence-electron chi connectivity index (χ3n) is 4.30. The summed E-state index contributed by atoms with van der Waals surface area (Å²) in [6, 6.07) is 14.9. The van der Waals surface area contributed by atoms with Crippen LogP contribution in [0.1, 0.15) is 37.5 Å². The van der Waals surface area contributed by atoms with Crippen LogP contribution in [-0.2, 0) is 15.1 Å². The number of aliphatic carboxylic acids is 1. The summed E-state index contributed by atoms with van der Waals surface area (Å²) in [4.78, 5) is 23.3. The molecular weight excluding hydrogens is 318 g/mol. The second-order valence-electron chi connectivity index (χ2n) is 6.46. The summed E-state index contributed by atoms with van der Waals surface area (Å²) in [6.07, 6.45) is -0.495. The number of anilines is 1. The Bertz CT molecular complexity index is 882. The maximum atomic E-state index is 11.7. The molecule has 0 saturated heterocycles. The van der Waals surface area contributed by atoms with Crippen molar-refractivity contribution >= 4 is 23.3 Å². The number of rotatable bonds is 3. The first-order chi connectivity index (χ1) is 11.8. The first-order valence-electron chi connectivity index (χ1n) is 7.94. The van der Waals surface area contributed by atoms with Crippen LogP contribution in [0.4, 0.5) is 10.5 Å². The maximum Gasteiger partial charge on any atom is 0.412 e. The number of fused-ring (bicyclic) bond motifs is 1. The molecule has 1 amide bonds. The molecule has 5 nitrogen and oxygen atoms in total. The lowest BCUT2D eigenvalue weighted by Crippen LogP contribution is -2.34. The molecule has 5 heteroatoms. The lowest BCUT2D eigenvalue weighted by atomic mass is 9.87. The van der Waals surface area contributed by atoms with Crippen molar-refractivity contribution in [3.63, 3.8) is 0 Å². The average Bonchev–Trinajstić information content (AvgIpc) is 2.55. The fraction of sp³-hybridized carbons (Fsp3) is 0.200. The van der Waals surface area contributed by atoms with Crippen LogP contribution >= 0.6 is 0 Å². The molecule has 2 aromatic carbocycles. The topological polar surface area (TPSA) is 75.6 Å². The van der Waals surface area contributed by atoms with Crippen molar-refractivity contribution in [2.75, 3.05) is 5.32 Å². The molecule has 1 aliphatic heterocycles. The molecule has 1 heterocycles. The molecule has 0 unspecified atom stereocenters. The smallest absolute Gasteiger partial charge is 0.412 e. The number of ether oxygens (including phenoxy) is 1. The predicted molar refractivity (Wildman–Crippen MR) is 95.3 cm³/mol. The Hall–Kier alpha value is -3.08. The maximum absolute atomic E-state index is 11.7. The van der Waals surface area contributed by atoms with Gasteiger partial charge in [0.05, 0.1) is 5.69 Å². The fourth-order valence-corrected chi connectivity index (χ4v) is 3.04. The van der Waals surface area contributed by atoms with E-state index < -0.39 is 17.7 Å². The molecule has 0 radical (unpaired) electrons. The van der Waals surface area contributed by atoms with Crippen molar-refractivity contribution in [1.29, 1.82) is 0 Å². The number of carboxylic acids is 1. The lowest BCUT2D eigenvalue weighted by Gasteiger charge is -2.33. The van der Waals surface area contributed by atoms with Crippen LogP contribution in [0.3, 0.4) is 0 Å². The largest absolute Gasteiger partial charge is 0.478 e. The normalized spacial score (nSPS) is 16.2. The number of benzene rings is 2. The molecule has 0 aliphatic carbocycles. The number of cyclic esters (lactones) is 1. The summed E-state index contributed by atoms with van der Waals surface area (Å²) in [5, 5.41) is 12.2. The van der Waals surface area contributed by atoms with Gasteiger partial charge in [0.25, 0.3) is 0 Å². The van der Waals surface area contributed by atoms with E-state index in [2.05, 4.69) is 5.32 Å². The van der Waals surface area contributed by atoms with Crippen molar-refractivity contribution in [3.8, 4) is 0 Å². The standard InChI is InChI=1S/C20H19NO4/c1-12(18(22)23)17(13-7-5-4-6-8-13)14-9-10-16-15(11-14)20(2,3)25-19(24)21-16/h4-11H,1-3H3,(H,21,24)(H,22,23)/b17-12-. The molecule has 1 aliphatic rings. The second-order valence-corrected chi connectivity index (χ2v) is 6.46. The summed E-state index contributed by atoms with van der Waals surface area (Å²) < 4.78 is 5.37. The molecule has 0 fully saturated rings. The third-order valence-corrected chi connectivity index (χ3v) is 4.30. The van der Waals surface area contributed by atoms with E-state index in [1.54, 1.807) is 13.0 Å². The number of nitrogens with one attached hydrogen (secondary N) is 1. The highest BCUT2D eigenvalue weighted by atomic mass is 16.6. The number of hydrogen-bond acceptors (Lipinski definition) is 3. The zero-order valence-electron chi connectivity index (χ0n) is 14.3. The van der Waals surface area contributed by atoms with E-state index in [0.29, 0.717) is 11.3 Å². The van der Waals surface area contributed by atoms with Gasteiger partial charge in [0.15, 0.2) is 0 Å². The van der Waals surface area contributed by atoms with Gasteiger partial charge in [-0.3, -0.25) is 5.32 Å². The Labute approximate surface area is 145 Å². The molecule has 0 saturated carbocycles. The number of carbonyl (C=O) groups is 2. The quantitative estimate of drug-likeness (QED) is 0.815. The molecule has 2 N–H and O–H groups in total. The number of carboxylic acid groups (broad SMARTS) is 1. The van der Waals surface area contributed by atoms with Gasteiger partial charge >= 0.3 is 12.1 Å². The van der Waals surface area contributed by atoms with Crippen molar-refractivity contribution in [1.82, 2.24) is 0 Å². The Balaban J connectivity index is 2.21. The Morgan fingerprint density at radius 2 is 1.76 bits per heavy atom. The average molecular weight is 337 g/mol. The van der Waals surface area contributed by atoms with Crippen LogP contribution in [0, 0.1) is 0 Å². The van der Waals surface area contributed by atoms with Crippen molar-refractivity contribution in [3.05, 3.63) is 70.8 Å². The zero-order valence-corrected chi connectivity index (χ0v) is 14.3. The van der Waals surface area contributed by atoms with Gasteiger partial charge in [-0.1, -0.05) is 36.4 Å². The monoisotopic (exact) mass is 337 g/mol. The minimum atomic E-state index is -0.972. The van der Waals surface area contributed by atoms with Gasteiger partial charge in [-0.05, 0) is 49.6 Å². The third kappa shape index (κ3) is 3.13. The van der Waals surface area contributed by atoms with Crippen molar-refractivity contribution < 1.29 is 19.4 Å². The Morgan fingerprint density at radius 1 is 1.08 bits per heavy atom. The minimum absolute atomic E-state index is 0.254. The summed E-state index contributed by atoms with van der Waals surface area (Å²) >= 11 is 0. The summed E-state index contributed by atoms with van der Waals surface area (Å²) in [6.45, 7) is 5.21. The van der Waals surface area contributed by atoms with Gasteiger partial charge in [-0.15, -0.1) is 0 Å². The zero-order chi connectivity index (χ0) is 18.2. The van der Waals surface area contributed by atoms with Crippen LogP contribution < -0.4 is 5.32 Å². The van der Waals surface area contributed by atoms with E-state index in [1.165, 1.54) is 0 Å². The SMILES string of the molecule is C/C(C(=O)O)=C(\c1ccccc1)c1ccc2c(c1)C(C)(C)OC(=O)N2. The van der Waals surface area contributed by atoms with Gasteiger partial charge < -0.3 is 9.84 Å². The summed E-state index contributed by atoms with van der Waals surface area (Å²) in [7, 11) is 0. The van der Waals surface area contributed by atoms with Crippen LogP contribution in [0.25, 0.3) is 5.57 Å². The van der Waals surface area contributed by atoms with E-state index >= 15 is 0 Å². The molecule has 0 spiro atoms. The molecule has 0 aromatic heterocycles. The molecule has 0 bridgehead atoms. The van der Waals surface area contributed by atoms with E-state index in [4.69, 9.17) is 4.74 Å². The number of amides is 1. The Kier molecular flexibility index (Phi) is 4.08. The van der Waals surface area contributed by atoms with E-state index in [1.807, 2.05) is 56.3 Å². The van der Waals surface area contributed by atoms with Gasteiger partial charge in [0.1, 0.15) is 5.60 Å². The first-order valence-corrected chi connectivity index (χ1v) is 7.94. The van der Waals surface area contributed by atoms with Gasteiger partial charge in [0.2, 0.25) is 0 Å². The highest BCUT2D eigenvalue weighted by Crippen LogP contribution is 2.38. The summed E-state index contributed by atoms with van der Waals surface area (Å²) in [5.74, 6) is -0.972. The van der Waals surface area contributed by atoms with E-state index in [9.17, 15) is 14.7 Å². The minimum Gasteiger partial charge on any atom is -0.478 e. The van der Waals surface area contributed by atoms with Crippen LogP contribution in [0.2, 0.25) is 0 Å². The van der Waals surface area contributed by atoms with Gasteiger partial charge in [0, 0.05) is 11.1 Å². The van der Waals surface area contributed by atoms with Gasteiger partial charge in [-0.2, -0.15) is 0 Å². The molecule has 3 rings (SSSR count). The highest BCUT2D eigenvalue weighted by Gasteiger charge is 2.33.